The van der Waals surface area contributed by atoms with E-state index in [1.165, 1.54) is 4.31 Å². The molecule has 2 aromatic rings. The fourth-order valence-electron chi connectivity index (χ4n) is 3.62. The minimum absolute atomic E-state index is 0.00670. The van der Waals surface area contributed by atoms with Gasteiger partial charge in [0.2, 0.25) is 21.8 Å². The normalized spacial score (nSPS) is 13.1. The Kier molecular flexibility index (Phi) is 10.8. The second-order valence-corrected chi connectivity index (χ2v) is 11.7. The number of hydrogen-bond acceptors (Lipinski definition) is 4. The Balaban J connectivity index is 2.16. The van der Waals surface area contributed by atoms with Crippen LogP contribution in [-0.4, -0.2) is 50.0 Å². The van der Waals surface area contributed by atoms with Crippen molar-refractivity contribution in [2.24, 2.45) is 0 Å². The van der Waals surface area contributed by atoms with Crippen LogP contribution in [0.2, 0.25) is 0 Å². The van der Waals surface area contributed by atoms with Crippen LogP contribution in [0.4, 0.5) is 5.69 Å². The third-order valence-corrected chi connectivity index (χ3v) is 7.60. The van der Waals surface area contributed by atoms with Crippen LogP contribution >= 0.6 is 15.9 Å². The first-order valence-electron chi connectivity index (χ1n) is 11.8. The number of halogens is 1. The van der Waals surface area contributed by atoms with Crippen LogP contribution in [0.1, 0.15) is 51.2 Å². The number of sulfonamides is 1. The summed E-state index contributed by atoms with van der Waals surface area (Å²) in [5.41, 5.74) is 2.43. The molecule has 2 unspecified atom stereocenters. The molecule has 0 fully saturated rings. The molecule has 2 amide bonds. The molecule has 0 aliphatic heterocycles. The Labute approximate surface area is 218 Å². The number of anilines is 1. The van der Waals surface area contributed by atoms with E-state index in [4.69, 9.17) is 0 Å². The van der Waals surface area contributed by atoms with Crippen LogP contribution in [-0.2, 0) is 26.2 Å². The third kappa shape index (κ3) is 8.96. The maximum absolute atomic E-state index is 13.3. The molecule has 0 aromatic heterocycles. The lowest BCUT2D eigenvalue weighted by Gasteiger charge is -2.30. The summed E-state index contributed by atoms with van der Waals surface area (Å²) >= 11 is 3.42. The maximum atomic E-state index is 13.3. The van der Waals surface area contributed by atoms with Crippen LogP contribution in [0, 0.1) is 6.92 Å². The number of nitrogens with zero attached hydrogens (tertiary/aromatic N) is 2. The van der Waals surface area contributed by atoms with Gasteiger partial charge in [0.05, 0.1) is 11.9 Å². The Morgan fingerprint density at radius 2 is 1.74 bits per heavy atom. The second-order valence-electron chi connectivity index (χ2n) is 8.92. The number of hydrogen-bond donors (Lipinski definition) is 1. The lowest BCUT2D eigenvalue weighted by molar-refractivity contribution is -0.140. The number of aryl methyl sites for hydroxylation is 1. The molecule has 0 aliphatic carbocycles. The van der Waals surface area contributed by atoms with Gasteiger partial charge in [-0.25, -0.2) is 8.42 Å². The van der Waals surface area contributed by atoms with E-state index in [-0.39, 0.29) is 37.4 Å². The molecule has 0 radical (unpaired) electrons. The minimum atomic E-state index is -3.51. The van der Waals surface area contributed by atoms with Gasteiger partial charge in [0.15, 0.2) is 0 Å². The highest BCUT2D eigenvalue weighted by atomic mass is 79.9. The zero-order valence-electron chi connectivity index (χ0n) is 21.1. The summed E-state index contributed by atoms with van der Waals surface area (Å²) in [4.78, 5) is 27.7. The van der Waals surface area contributed by atoms with Crippen molar-refractivity contribution in [3.63, 3.8) is 0 Å². The number of carbonyl (C=O) groups is 2. The van der Waals surface area contributed by atoms with Crippen molar-refractivity contribution >= 4 is 43.5 Å². The molecule has 9 heteroatoms. The highest BCUT2D eigenvalue weighted by Crippen LogP contribution is 2.20. The summed E-state index contributed by atoms with van der Waals surface area (Å²) in [6.07, 6.45) is 2.41. The summed E-state index contributed by atoms with van der Waals surface area (Å²) < 4.78 is 27.1. The van der Waals surface area contributed by atoms with Gasteiger partial charge in [0.1, 0.15) is 6.04 Å². The number of nitrogens with one attached hydrogen (secondary N) is 1. The molecule has 2 atom stereocenters. The summed E-state index contributed by atoms with van der Waals surface area (Å²) in [6.45, 7) is 8.00. The zero-order valence-corrected chi connectivity index (χ0v) is 23.5. The van der Waals surface area contributed by atoms with Crippen LogP contribution in [0.5, 0.6) is 0 Å². The van der Waals surface area contributed by atoms with Gasteiger partial charge < -0.3 is 10.2 Å². The van der Waals surface area contributed by atoms with Gasteiger partial charge in [-0.1, -0.05) is 47.1 Å². The molecule has 2 rings (SSSR count). The smallest absolute Gasteiger partial charge is 0.242 e. The molecule has 0 heterocycles. The Bertz CT molecular complexity index is 1110. The van der Waals surface area contributed by atoms with Gasteiger partial charge in [-0.2, -0.15) is 0 Å². The molecule has 0 saturated heterocycles. The van der Waals surface area contributed by atoms with E-state index >= 15 is 0 Å². The van der Waals surface area contributed by atoms with Gasteiger partial charge in [0.25, 0.3) is 0 Å². The molecule has 2 aromatic carbocycles. The van der Waals surface area contributed by atoms with Crippen molar-refractivity contribution in [1.82, 2.24) is 10.2 Å². The topological polar surface area (TPSA) is 86.8 Å². The number of rotatable bonds is 12. The lowest BCUT2D eigenvalue weighted by Crippen LogP contribution is -2.49. The fourth-order valence-corrected chi connectivity index (χ4v) is 4.84. The fraction of sp³-hybridized carbons (Fsp3) is 0.462. The monoisotopic (exact) mass is 565 g/mol. The molecule has 0 bridgehead atoms. The van der Waals surface area contributed by atoms with E-state index in [0.717, 1.165) is 28.3 Å². The predicted octanol–water partition coefficient (Wildman–Crippen LogP) is 4.64. The van der Waals surface area contributed by atoms with Crippen LogP contribution < -0.4 is 9.62 Å². The molecular formula is C26H36BrN3O4S. The number of amides is 2. The summed E-state index contributed by atoms with van der Waals surface area (Å²) in [7, 11) is -3.51. The second kappa shape index (κ2) is 13.1. The largest absolute Gasteiger partial charge is 0.352 e. The number of carbonyl (C=O) groups excluding carboxylic acids is 2. The molecule has 192 valence electrons. The SMILES string of the molecule is CCC(C)NC(=O)C(C)N(Cc1ccc(Br)cc1)C(=O)CCCN(c1cccc(C)c1)S(C)(=O)=O. The van der Waals surface area contributed by atoms with Crippen LogP contribution in [0.3, 0.4) is 0 Å². The van der Waals surface area contributed by atoms with Crippen molar-refractivity contribution in [2.75, 3.05) is 17.1 Å². The molecule has 0 aliphatic rings. The van der Waals surface area contributed by atoms with Crippen LogP contribution in [0.25, 0.3) is 0 Å². The molecule has 1 N–H and O–H groups in total. The van der Waals surface area contributed by atoms with E-state index in [1.54, 1.807) is 17.9 Å². The average molecular weight is 567 g/mol. The van der Waals surface area contributed by atoms with Gasteiger partial charge in [-0.3, -0.25) is 13.9 Å². The van der Waals surface area contributed by atoms with E-state index in [1.807, 2.05) is 63.2 Å². The molecular weight excluding hydrogens is 530 g/mol. The molecule has 0 saturated carbocycles. The maximum Gasteiger partial charge on any atom is 0.242 e. The van der Waals surface area contributed by atoms with E-state index in [9.17, 15) is 18.0 Å². The number of benzene rings is 2. The first-order chi connectivity index (χ1) is 16.4. The minimum Gasteiger partial charge on any atom is -0.352 e. The first-order valence-corrected chi connectivity index (χ1v) is 14.4. The summed E-state index contributed by atoms with van der Waals surface area (Å²) in [5.74, 6) is -0.403. The standard InChI is InChI=1S/C26H36BrN3O4S/c1-6-20(3)28-26(32)21(4)29(18-22-12-14-23(27)15-13-22)25(31)11-8-16-30(35(5,33)34)24-10-7-9-19(2)17-24/h7,9-10,12-15,17,20-21H,6,8,11,16,18H2,1-5H3,(H,28,32). The van der Waals surface area contributed by atoms with Gasteiger partial charge >= 0.3 is 0 Å². The quantitative estimate of drug-likeness (QED) is 0.406. The van der Waals surface area contributed by atoms with Crippen molar-refractivity contribution in [1.29, 1.82) is 0 Å². The molecule has 35 heavy (non-hydrogen) atoms. The summed E-state index contributed by atoms with van der Waals surface area (Å²) in [5, 5.41) is 2.95. The van der Waals surface area contributed by atoms with Crippen molar-refractivity contribution in [2.45, 2.75) is 65.6 Å². The lowest BCUT2D eigenvalue weighted by atomic mass is 10.1. The average Bonchev–Trinajstić information content (AvgIpc) is 2.79. The van der Waals surface area contributed by atoms with Gasteiger partial charge in [-0.05, 0) is 69.0 Å². The third-order valence-electron chi connectivity index (χ3n) is 5.88. The highest BCUT2D eigenvalue weighted by Gasteiger charge is 2.27. The molecule has 0 spiro atoms. The van der Waals surface area contributed by atoms with E-state index in [2.05, 4.69) is 21.2 Å². The Morgan fingerprint density at radius 1 is 1.09 bits per heavy atom. The van der Waals surface area contributed by atoms with Gasteiger partial charge in [-0.15, -0.1) is 0 Å². The van der Waals surface area contributed by atoms with Crippen molar-refractivity contribution < 1.29 is 18.0 Å². The summed E-state index contributed by atoms with van der Waals surface area (Å²) in [6, 6.07) is 14.2. The van der Waals surface area contributed by atoms with Crippen molar-refractivity contribution in [3.05, 3.63) is 64.1 Å². The van der Waals surface area contributed by atoms with Gasteiger partial charge in [0, 0.05) is 30.0 Å². The van der Waals surface area contributed by atoms with E-state index in [0.29, 0.717) is 12.1 Å². The van der Waals surface area contributed by atoms with E-state index < -0.39 is 16.1 Å². The Hall–Kier alpha value is -2.39. The van der Waals surface area contributed by atoms with Crippen LogP contribution in [0.15, 0.2) is 53.0 Å². The predicted molar refractivity (Wildman–Crippen MR) is 145 cm³/mol. The zero-order chi connectivity index (χ0) is 26.2. The first kappa shape index (κ1) is 28.8. The highest BCUT2D eigenvalue weighted by molar-refractivity contribution is 9.10. The van der Waals surface area contributed by atoms with Crippen molar-refractivity contribution in [3.8, 4) is 0 Å². The molecule has 7 nitrogen and oxygen atoms in total. The Morgan fingerprint density at radius 3 is 2.31 bits per heavy atom.